The minimum absolute atomic E-state index is 0.0539. The number of amidine groups is 1. The molecule has 2 aromatic carbocycles. The summed E-state index contributed by atoms with van der Waals surface area (Å²) in [5.41, 5.74) is -1.81. The Morgan fingerprint density at radius 2 is 1.70 bits per heavy atom. The maximum Gasteiger partial charge on any atom is 0.416 e. The third-order valence-electron chi connectivity index (χ3n) is 8.55. The van der Waals surface area contributed by atoms with Crippen LogP contribution in [0.3, 0.4) is 0 Å². The van der Waals surface area contributed by atoms with Gasteiger partial charge in [-0.3, -0.25) is 4.99 Å². The molecule has 1 unspecified atom stereocenters. The summed E-state index contributed by atoms with van der Waals surface area (Å²) < 4.78 is 40.9. The normalized spacial score (nSPS) is 26.2. The molecule has 9 nitrogen and oxygen atoms in total. The number of ether oxygens (including phenoxy) is 2. The lowest BCUT2D eigenvalue weighted by atomic mass is 9.76. The Hall–Kier alpha value is -2.66. The Balaban J connectivity index is 1.53. The molecular formula is C31H37Cl2N3O6S. The van der Waals surface area contributed by atoms with Gasteiger partial charge in [-0.2, -0.15) is 4.31 Å². The van der Waals surface area contributed by atoms with E-state index in [-0.39, 0.29) is 23.3 Å². The van der Waals surface area contributed by atoms with Gasteiger partial charge >= 0.3 is 12.1 Å². The molecule has 0 spiro atoms. The summed E-state index contributed by atoms with van der Waals surface area (Å²) in [5, 5.41) is 0.726. The number of aliphatic imine (C=N–C) groups is 1. The van der Waals surface area contributed by atoms with Crippen LogP contribution in [0, 0.1) is 11.8 Å². The van der Waals surface area contributed by atoms with Crippen molar-refractivity contribution in [3.8, 4) is 0 Å². The van der Waals surface area contributed by atoms with E-state index in [1.807, 2.05) is 0 Å². The zero-order valence-electron chi connectivity index (χ0n) is 25.1. The highest BCUT2D eigenvalue weighted by atomic mass is 35.5. The fourth-order valence-electron chi connectivity index (χ4n) is 6.72. The first kappa shape index (κ1) is 31.8. The van der Waals surface area contributed by atoms with Crippen molar-refractivity contribution in [3.63, 3.8) is 0 Å². The van der Waals surface area contributed by atoms with Crippen molar-refractivity contribution >= 4 is 51.1 Å². The summed E-state index contributed by atoms with van der Waals surface area (Å²) in [5.74, 6) is -0.380. The van der Waals surface area contributed by atoms with Crippen LogP contribution < -0.4 is 0 Å². The van der Waals surface area contributed by atoms with Gasteiger partial charge in [0.1, 0.15) is 11.4 Å². The van der Waals surface area contributed by atoms with E-state index in [0.29, 0.717) is 40.7 Å². The summed E-state index contributed by atoms with van der Waals surface area (Å²) >= 11 is 12.5. The van der Waals surface area contributed by atoms with Crippen molar-refractivity contribution in [1.82, 2.24) is 9.21 Å². The number of nitrogens with zero attached hydrogens (tertiary/aromatic N) is 3. The van der Waals surface area contributed by atoms with Crippen molar-refractivity contribution in [2.75, 3.05) is 7.11 Å². The molecule has 2 bridgehead atoms. The Morgan fingerprint density at radius 1 is 1.05 bits per heavy atom. The smallest absolute Gasteiger partial charge is 0.416 e. The van der Waals surface area contributed by atoms with E-state index < -0.39 is 44.8 Å². The molecule has 0 aromatic heterocycles. The average Bonchev–Trinajstić information content (AvgIpc) is 3.55. The molecule has 1 aliphatic heterocycles. The molecule has 12 heteroatoms. The zero-order valence-corrected chi connectivity index (χ0v) is 27.5. The number of carbonyl (C=O) groups excluding carboxylic acids is 2. The molecular weight excluding hydrogens is 613 g/mol. The van der Waals surface area contributed by atoms with Crippen LogP contribution in [0.2, 0.25) is 10.0 Å². The topological polar surface area (TPSA) is 106 Å². The van der Waals surface area contributed by atoms with E-state index >= 15 is 0 Å². The van der Waals surface area contributed by atoms with Gasteiger partial charge < -0.3 is 9.47 Å². The molecule has 0 saturated heterocycles. The van der Waals surface area contributed by atoms with Gasteiger partial charge in [0, 0.05) is 18.0 Å². The first-order valence-electron chi connectivity index (χ1n) is 14.2. The fraction of sp³-hybridized carbons (Fsp3) is 0.516. The highest BCUT2D eigenvalue weighted by Gasteiger charge is 2.65. The van der Waals surface area contributed by atoms with Gasteiger partial charge in [-0.1, -0.05) is 47.5 Å². The summed E-state index contributed by atoms with van der Waals surface area (Å²) in [6.07, 6.45) is 0.896. The number of hydrogen-bond acceptors (Lipinski definition) is 7. The van der Waals surface area contributed by atoms with E-state index in [2.05, 4.69) is 0 Å². The van der Waals surface area contributed by atoms with Crippen molar-refractivity contribution in [1.29, 1.82) is 0 Å². The standard InChI is InChI=1S/C31H37Cl2N3O6S/c1-29(2,3)42-28(38)36-25(27(37)41-6)30(4,5)34-26(36)22-17-31(15-20(22)16-31)35(18-19-12-13-23(32)24(33)14-19)43(39,40)21-10-8-7-9-11-21/h7-14,20,22,25H,15-18H2,1-6H3/t20?,22?,25-,31?/m0/s1. The number of carbonyl (C=O) groups is 2. The second kappa shape index (κ2) is 11.1. The van der Waals surface area contributed by atoms with Crippen molar-refractivity contribution < 1.29 is 27.5 Å². The molecule has 1 amide bonds. The third-order valence-corrected chi connectivity index (χ3v) is 11.3. The van der Waals surface area contributed by atoms with E-state index in [0.717, 1.165) is 0 Å². The summed E-state index contributed by atoms with van der Waals surface area (Å²) in [6, 6.07) is 12.4. The average molecular weight is 651 g/mol. The first-order chi connectivity index (χ1) is 20.0. The minimum Gasteiger partial charge on any atom is -0.467 e. The van der Waals surface area contributed by atoms with Crippen LogP contribution in [-0.4, -0.2) is 65.4 Å². The maximum absolute atomic E-state index is 14.2. The van der Waals surface area contributed by atoms with Gasteiger partial charge in [0.2, 0.25) is 10.0 Å². The number of esters is 1. The van der Waals surface area contributed by atoms with Gasteiger partial charge in [-0.05, 0) is 89.6 Å². The second-order valence-electron chi connectivity index (χ2n) is 13.2. The van der Waals surface area contributed by atoms with Crippen LogP contribution in [0.15, 0.2) is 58.4 Å². The fourth-order valence-corrected chi connectivity index (χ4v) is 8.85. The van der Waals surface area contributed by atoms with Gasteiger partial charge in [0.05, 0.1) is 27.6 Å². The lowest BCUT2D eigenvalue weighted by Gasteiger charge is -2.46. The Labute approximate surface area is 263 Å². The number of benzene rings is 2. The number of sulfonamides is 1. The predicted molar refractivity (Wildman–Crippen MR) is 165 cm³/mol. The lowest BCUT2D eigenvalue weighted by Crippen LogP contribution is -2.54. The van der Waals surface area contributed by atoms with Gasteiger partial charge in [-0.25, -0.2) is 22.9 Å². The van der Waals surface area contributed by atoms with E-state index in [4.69, 9.17) is 37.7 Å². The zero-order chi connectivity index (χ0) is 31.5. The molecule has 6 rings (SSSR count). The molecule has 3 aliphatic carbocycles. The molecule has 0 N–H and O–H groups in total. The summed E-state index contributed by atoms with van der Waals surface area (Å²) in [7, 11) is -2.66. The van der Waals surface area contributed by atoms with E-state index in [1.165, 1.54) is 12.0 Å². The molecule has 4 aliphatic rings. The largest absolute Gasteiger partial charge is 0.467 e. The van der Waals surface area contributed by atoms with Crippen LogP contribution in [0.25, 0.3) is 0 Å². The van der Waals surface area contributed by atoms with Gasteiger partial charge in [-0.15, -0.1) is 0 Å². The quantitative estimate of drug-likeness (QED) is 0.325. The molecule has 2 atom stereocenters. The number of hydrogen-bond donors (Lipinski definition) is 0. The van der Waals surface area contributed by atoms with Crippen LogP contribution in [0.4, 0.5) is 4.79 Å². The SMILES string of the molecule is COC(=O)[C@@H]1N(C(=O)OC(C)(C)C)C(C2CC3(N(Cc4ccc(Cl)c(Cl)c4)S(=O)(=O)c4ccccc4)CC2C3)=NC1(C)C. The molecule has 43 heavy (non-hydrogen) atoms. The van der Waals surface area contributed by atoms with Crippen LogP contribution in [0.5, 0.6) is 0 Å². The highest BCUT2D eigenvalue weighted by Crippen LogP contribution is 2.61. The van der Waals surface area contributed by atoms with E-state index in [9.17, 15) is 18.0 Å². The summed E-state index contributed by atoms with van der Waals surface area (Å²) in [4.78, 5) is 33.1. The monoisotopic (exact) mass is 649 g/mol. The first-order valence-corrected chi connectivity index (χ1v) is 16.4. The molecule has 1 heterocycles. The number of halogens is 2. The van der Waals surface area contributed by atoms with E-state index in [1.54, 1.807) is 87.5 Å². The third kappa shape index (κ3) is 5.79. The van der Waals surface area contributed by atoms with Crippen molar-refractivity contribution in [3.05, 3.63) is 64.1 Å². The Bertz CT molecular complexity index is 1570. The molecule has 3 fully saturated rings. The van der Waals surface area contributed by atoms with Gasteiger partial charge in [0.25, 0.3) is 0 Å². The predicted octanol–water partition coefficient (Wildman–Crippen LogP) is 6.32. The highest BCUT2D eigenvalue weighted by molar-refractivity contribution is 7.89. The number of rotatable bonds is 7. The second-order valence-corrected chi connectivity index (χ2v) is 15.9. The number of fused-ring (bicyclic) bond motifs is 1. The molecule has 0 radical (unpaired) electrons. The summed E-state index contributed by atoms with van der Waals surface area (Å²) in [6.45, 7) is 8.92. The molecule has 3 saturated carbocycles. The number of amides is 1. The molecule has 2 aromatic rings. The number of methoxy groups -OCH3 is 1. The Morgan fingerprint density at radius 3 is 2.28 bits per heavy atom. The van der Waals surface area contributed by atoms with Crippen LogP contribution >= 0.6 is 23.2 Å². The lowest BCUT2D eigenvalue weighted by molar-refractivity contribution is -0.146. The van der Waals surface area contributed by atoms with Crippen molar-refractivity contribution in [2.45, 2.75) is 88.0 Å². The van der Waals surface area contributed by atoms with Crippen molar-refractivity contribution in [2.24, 2.45) is 16.8 Å². The molecule has 232 valence electrons. The minimum atomic E-state index is -3.94. The Kier molecular flexibility index (Phi) is 8.16. The maximum atomic E-state index is 14.2. The van der Waals surface area contributed by atoms with Crippen LogP contribution in [-0.2, 0) is 30.8 Å². The van der Waals surface area contributed by atoms with Crippen LogP contribution in [0.1, 0.15) is 59.4 Å². The van der Waals surface area contributed by atoms with Gasteiger partial charge in [0.15, 0.2) is 6.04 Å².